The first-order valence-electron chi connectivity index (χ1n) is 7.15. The van der Waals surface area contributed by atoms with Gasteiger partial charge in [0.1, 0.15) is 5.82 Å². The van der Waals surface area contributed by atoms with E-state index in [-0.39, 0.29) is 17.3 Å². The zero-order valence-corrected chi connectivity index (χ0v) is 12.5. The van der Waals surface area contributed by atoms with Crippen molar-refractivity contribution in [3.05, 3.63) is 71.1 Å². The fourth-order valence-electron chi connectivity index (χ4n) is 2.51. The lowest BCUT2D eigenvalue weighted by atomic mass is 9.93. The van der Waals surface area contributed by atoms with Gasteiger partial charge in [-0.25, -0.2) is 4.39 Å². The van der Waals surface area contributed by atoms with Crippen molar-refractivity contribution in [2.45, 2.75) is 6.23 Å². The van der Waals surface area contributed by atoms with Crippen molar-refractivity contribution in [2.24, 2.45) is 0 Å². The third-order valence-corrected chi connectivity index (χ3v) is 3.74. The number of hydrogen-bond donors (Lipinski definition) is 4. The average Bonchev–Trinajstić information content (AvgIpc) is 2.57. The lowest BCUT2D eigenvalue weighted by Crippen LogP contribution is -2.32. The molecule has 0 saturated heterocycles. The number of phenols is 2. The molecule has 0 amide bonds. The Labute approximate surface area is 138 Å². The summed E-state index contributed by atoms with van der Waals surface area (Å²) in [5.74, 6) is 1.53. The number of hydrogen-bond acceptors (Lipinski definition) is 4. The minimum atomic E-state index is -1.12. The molecule has 120 valence electrons. The van der Waals surface area contributed by atoms with Gasteiger partial charge in [0.25, 0.3) is 0 Å². The van der Waals surface area contributed by atoms with E-state index >= 15 is 0 Å². The van der Waals surface area contributed by atoms with Gasteiger partial charge in [-0.2, -0.15) is 0 Å². The smallest absolute Gasteiger partial charge is 0.159 e. The molecule has 4 N–H and O–H groups in total. The Morgan fingerprint density at radius 1 is 1.00 bits per heavy atom. The van der Waals surface area contributed by atoms with E-state index in [0.717, 1.165) is 0 Å². The van der Waals surface area contributed by atoms with Crippen molar-refractivity contribution < 1.29 is 19.7 Å². The SMILES string of the molecule is C#CC1=C(c2ccc(O)c(O)c2)C=C(c2ccc(F)cc2)NC1O. The number of dihydropyridines is 1. The van der Waals surface area contributed by atoms with Crippen LogP contribution in [0.1, 0.15) is 11.1 Å². The van der Waals surface area contributed by atoms with Crippen molar-refractivity contribution in [1.29, 1.82) is 0 Å². The van der Waals surface area contributed by atoms with Crippen LogP contribution in [0, 0.1) is 18.2 Å². The Morgan fingerprint density at radius 2 is 1.67 bits per heavy atom. The van der Waals surface area contributed by atoms with Gasteiger partial charge in [0, 0.05) is 5.70 Å². The number of phenolic OH excluding ortho intramolecular Hbond substituents is 2. The van der Waals surface area contributed by atoms with Crippen LogP contribution in [-0.2, 0) is 0 Å². The third-order valence-electron chi connectivity index (χ3n) is 3.74. The van der Waals surface area contributed by atoms with Gasteiger partial charge in [-0.3, -0.25) is 0 Å². The summed E-state index contributed by atoms with van der Waals surface area (Å²) in [5, 5.41) is 32.3. The number of halogens is 1. The number of benzene rings is 2. The second-order valence-electron chi connectivity index (χ2n) is 5.29. The van der Waals surface area contributed by atoms with Crippen molar-refractivity contribution in [3.63, 3.8) is 0 Å². The zero-order chi connectivity index (χ0) is 17.3. The summed E-state index contributed by atoms with van der Waals surface area (Å²) in [6.07, 6.45) is 6.08. The Hall–Kier alpha value is -3.23. The normalized spacial score (nSPS) is 17.0. The molecule has 0 fully saturated rings. The summed E-state index contributed by atoms with van der Waals surface area (Å²) < 4.78 is 13.1. The molecule has 0 radical (unpaired) electrons. The molecule has 1 aliphatic rings. The Kier molecular flexibility index (Phi) is 3.98. The van der Waals surface area contributed by atoms with E-state index < -0.39 is 6.23 Å². The van der Waals surface area contributed by atoms with Crippen LogP contribution in [0.2, 0.25) is 0 Å². The predicted octanol–water partition coefficient (Wildman–Crippen LogP) is 2.59. The van der Waals surface area contributed by atoms with E-state index in [1.54, 1.807) is 24.3 Å². The highest BCUT2D eigenvalue weighted by Gasteiger charge is 2.22. The molecule has 0 aliphatic carbocycles. The minimum absolute atomic E-state index is 0.251. The molecular formula is C19H14FNO3. The molecule has 4 nitrogen and oxygen atoms in total. The van der Waals surface area contributed by atoms with Crippen molar-refractivity contribution in [3.8, 4) is 23.8 Å². The number of allylic oxidation sites excluding steroid dienone is 2. The molecule has 1 atom stereocenters. The van der Waals surface area contributed by atoms with Crippen molar-refractivity contribution in [2.75, 3.05) is 0 Å². The average molecular weight is 323 g/mol. The Bertz CT molecular complexity index is 892. The summed E-state index contributed by atoms with van der Waals surface area (Å²) in [4.78, 5) is 0. The molecular weight excluding hydrogens is 309 g/mol. The monoisotopic (exact) mass is 323 g/mol. The van der Waals surface area contributed by atoms with Gasteiger partial charge < -0.3 is 20.6 Å². The molecule has 1 heterocycles. The first-order valence-corrected chi connectivity index (χ1v) is 7.15. The zero-order valence-electron chi connectivity index (χ0n) is 12.5. The Morgan fingerprint density at radius 3 is 2.29 bits per heavy atom. The second-order valence-corrected chi connectivity index (χ2v) is 5.29. The quantitative estimate of drug-likeness (QED) is 0.506. The topological polar surface area (TPSA) is 72.7 Å². The van der Waals surface area contributed by atoms with Gasteiger partial charge in [0.15, 0.2) is 17.7 Å². The molecule has 1 aliphatic heterocycles. The minimum Gasteiger partial charge on any atom is -0.504 e. The second kappa shape index (κ2) is 6.11. The van der Waals surface area contributed by atoms with Crippen LogP contribution >= 0.6 is 0 Å². The van der Waals surface area contributed by atoms with Crippen LogP contribution in [0.5, 0.6) is 11.5 Å². The van der Waals surface area contributed by atoms with Crippen molar-refractivity contribution in [1.82, 2.24) is 5.32 Å². The van der Waals surface area contributed by atoms with Gasteiger partial charge in [0.2, 0.25) is 0 Å². The summed E-state index contributed by atoms with van der Waals surface area (Å²) >= 11 is 0. The largest absolute Gasteiger partial charge is 0.504 e. The molecule has 0 saturated carbocycles. The molecule has 2 aromatic rings. The fourth-order valence-corrected chi connectivity index (χ4v) is 2.51. The van der Waals surface area contributed by atoms with Gasteiger partial charge in [-0.1, -0.05) is 24.1 Å². The van der Waals surface area contributed by atoms with E-state index in [0.29, 0.717) is 28.0 Å². The highest BCUT2D eigenvalue weighted by Crippen LogP contribution is 2.34. The van der Waals surface area contributed by atoms with Crippen molar-refractivity contribution >= 4 is 11.3 Å². The van der Waals surface area contributed by atoms with Gasteiger partial charge in [0.05, 0.1) is 5.57 Å². The van der Waals surface area contributed by atoms with Crippen LogP contribution in [0.4, 0.5) is 4.39 Å². The first-order chi connectivity index (χ1) is 11.5. The highest BCUT2D eigenvalue weighted by molar-refractivity contribution is 5.90. The van der Waals surface area contributed by atoms with Crippen LogP contribution in [0.3, 0.4) is 0 Å². The number of rotatable bonds is 2. The maximum absolute atomic E-state index is 13.1. The van der Waals surface area contributed by atoms with E-state index in [2.05, 4.69) is 11.2 Å². The summed E-state index contributed by atoms with van der Waals surface area (Å²) in [5.41, 5.74) is 2.60. The molecule has 5 heteroatoms. The number of terminal acetylenes is 1. The fraction of sp³-hybridized carbons (Fsp3) is 0.0526. The lowest BCUT2D eigenvalue weighted by Gasteiger charge is -2.25. The molecule has 2 aromatic carbocycles. The van der Waals surface area contributed by atoms with Crippen LogP contribution < -0.4 is 5.32 Å². The number of aliphatic hydroxyl groups excluding tert-OH is 1. The van der Waals surface area contributed by atoms with E-state index in [4.69, 9.17) is 6.42 Å². The highest BCUT2D eigenvalue weighted by atomic mass is 19.1. The van der Waals surface area contributed by atoms with E-state index in [1.165, 1.54) is 24.3 Å². The molecule has 1 unspecified atom stereocenters. The molecule has 0 aromatic heterocycles. The maximum atomic E-state index is 13.1. The number of aromatic hydroxyl groups is 2. The lowest BCUT2D eigenvalue weighted by molar-refractivity contribution is 0.197. The van der Waals surface area contributed by atoms with Gasteiger partial charge in [-0.05, 0) is 47.0 Å². The first kappa shape index (κ1) is 15.7. The van der Waals surface area contributed by atoms with Crippen LogP contribution in [0.15, 0.2) is 54.1 Å². The molecule has 0 bridgehead atoms. The van der Waals surface area contributed by atoms with Crippen LogP contribution in [-0.4, -0.2) is 21.5 Å². The number of nitrogens with one attached hydrogen (secondary N) is 1. The summed E-state index contributed by atoms with van der Waals surface area (Å²) in [7, 11) is 0. The standard InChI is InChI=1S/C19H14FNO3/c1-2-14-15(12-5-8-17(22)18(23)9-12)10-16(21-19(14)24)11-3-6-13(20)7-4-11/h1,3-10,19,21-24H. The third kappa shape index (κ3) is 2.83. The maximum Gasteiger partial charge on any atom is 0.159 e. The predicted molar refractivity (Wildman–Crippen MR) is 89.0 cm³/mol. The molecule has 3 rings (SSSR count). The number of aliphatic hydroxyl groups is 1. The van der Waals surface area contributed by atoms with E-state index in [9.17, 15) is 19.7 Å². The Balaban J connectivity index is 2.13. The van der Waals surface area contributed by atoms with Gasteiger partial charge in [-0.15, -0.1) is 6.42 Å². The van der Waals surface area contributed by atoms with Gasteiger partial charge >= 0.3 is 0 Å². The van der Waals surface area contributed by atoms with E-state index in [1.807, 2.05) is 0 Å². The molecule has 24 heavy (non-hydrogen) atoms. The van der Waals surface area contributed by atoms with Crippen LogP contribution in [0.25, 0.3) is 11.3 Å². The molecule has 0 spiro atoms. The summed E-state index contributed by atoms with van der Waals surface area (Å²) in [6.45, 7) is 0. The summed E-state index contributed by atoms with van der Waals surface area (Å²) in [6, 6.07) is 10.1.